The van der Waals surface area contributed by atoms with E-state index in [1.165, 1.54) is 0 Å². The molecule has 0 spiro atoms. The highest BCUT2D eigenvalue weighted by Crippen LogP contribution is 2.20. The third-order valence-corrected chi connectivity index (χ3v) is 4.04. The van der Waals surface area contributed by atoms with Gasteiger partial charge in [-0.25, -0.2) is 8.42 Å². The predicted octanol–water partition coefficient (Wildman–Crippen LogP) is 1.50. The van der Waals surface area contributed by atoms with Crippen molar-refractivity contribution in [2.45, 2.75) is 11.8 Å². The summed E-state index contributed by atoms with van der Waals surface area (Å²) in [5.74, 6) is 0.941. The molecule has 0 fully saturated rings. The maximum absolute atomic E-state index is 11.4. The van der Waals surface area contributed by atoms with Crippen LogP contribution in [0.15, 0.2) is 29.2 Å². The van der Waals surface area contributed by atoms with Crippen molar-refractivity contribution >= 4 is 27.5 Å². The van der Waals surface area contributed by atoms with Gasteiger partial charge in [0.15, 0.2) is 0 Å². The fourth-order valence-electron chi connectivity index (χ4n) is 1.17. The molecule has 0 radical (unpaired) electrons. The van der Waals surface area contributed by atoms with Crippen molar-refractivity contribution < 1.29 is 8.42 Å². The van der Waals surface area contributed by atoms with E-state index in [4.69, 9.17) is 5.73 Å². The standard InChI is InChI=1S/C10H16N2O2S2/c1-2-15-10-5-3-9(4-6-10)12-16(13,14)8-7-11/h3-6,12H,2,7-8,11H2,1H3. The second-order valence-electron chi connectivity index (χ2n) is 3.17. The number of anilines is 1. The molecule has 1 rings (SSSR count). The van der Waals surface area contributed by atoms with E-state index in [2.05, 4.69) is 11.6 Å². The summed E-state index contributed by atoms with van der Waals surface area (Å²) in [5, 5.41) is 0. The van der Waals surface area contributed by atoms with Crippen LogP contribution in [0.2, 0.25) is 0 Å². The number of nitrogens with two attached hydrogens (primary N) is 1. The van der Waals surface area contributed by atoms with Crippen molar-refractivity contribution in [1.82, 2.24) is 0 Å². The van der Waals surface area contributed by atoms with Gasteiger partial charge in [-0.15, -0.1) is 11.8 Å². The largest absolute Gasteiger partial charge is 0.329 e. The Hall–Kier alpha value is -0.720. The molecule has 0 saturated heterocycles. The summed E-state index contributed by atoms with van der Waals surface area (Å²) in [7, 11) is -3.29. The first-order valence-corrected chi connectivity index (χ1v) is 7.64. The zero-order valence-electron chi connectivity index (χ0n) is 9.14. The van der Waals surface area contributed by atoms with E-state index in [1.54, 1.807) is 23.9 Å². The highest BCUT2D eigenvalue weighted by molar-refractivity contribution is 7.99. The van der Waals surface area contributed by atoms with Crippen LogP contribution in [0.1, 0.15) is 6.92 Å². The van der Waals surface area contributed by atoms with E-state index in [1.807, 2.05) is 12.1 Å². The highest BCUT2D eigenvalue weighted by atomic mass is 32.2. The summed E-state index contributed by atoms with van der Waals surface area (Å²) in [4.78, 5) is 1.13. The van der Waals surface area contributed by atoms with E-state index in [0.29, 0.717) is 5.69 Å². The van der Waals surface area contributed by atoms with Crippen LogP contribution in [0.25, 0.3) is 0 Å². The van der Waals surface area contributed by atoms with Gasteiger partial charge in [0.2, 0.25) is 10.0 Å². The fraction of sp³-hybridized carbons (Fsp3) is 0.400. The number of sulfonamides is 1. The molecule has 90 valence electrons. The minimum absolute atomic E-state index is 0.0571. The minimum Gasteiger partial charge on any atom is -0.329 e. The van der Waals surface area contributed by atoms with Crippen molar-refractivity contribution in [2.75, 3.05) is 22.8 Å². The molecule has 0 heterocycles. The van der Waals surface area contributed by atoms with Gasteiger partial charge >= 0.3 is 0 Å². The molecule has 0 bridgehead atoms. The number of nitrogens with one attached hydrogen (secondary N) is 1. The molecule has 6 heteroatoms. The summed E-state index contributed by atoms with van der Waals surface area (Å²) in [5.41, 5.74) is 5.79. The first-order chi connectivity index (χ1) is 7.57. The lowest BCUT2D eigenvalue weighted by molar-refractivity contribution is 0.601. The van der Waals surface area contributed by atoms with Crippen LogP contribution in [0.5, 0.6) is 0 Å². The van der Waals surface area contributed by atoms with Crippen molar-refractivity contribution in [2.24, 2.45) is 5.73 Å². The van der Waals surface area contributed by atoms with E-state index >= 15 is 0 Å². The monoisotopic (exact) mass is 260 g/mol. The van der Waals surface area contributed by atoms with Crippen LogP contribution in [-0.2, 0) is 10.0 Å². The van der Waals surface area contributed by atoms with E-state index in [0.717, 1.165) is 10.6 Å². The van der Waals surface area contributed by atoms with Crippen LogP contribution >= 0.6 is 11.8 Å². The van der Waals surface area contributed by atoms with Gasteiger partial charge in [0, 0.05) is 17.1 Å². The summed E-state index contributed by atoms with van der Waals surface area (Å²) < 4.78 is 25.3. The van der Waals surface area contributed by atoms with Crippen LogP contribution < -0.4 is 10.5 Å². The molecular formula is C10H16N2O2S2. The normalized spacial score (nSPS) is 11.4. The minimum atomic E-state index is -3.29. The fourth-order valence-corrected chi connectivity index (χ4v) is 2.74. The first kappa shape index (κ1) is 13.3. The second-order valence-corrected chi connectivity index (χ2v) is 6.35. The van der Waals surface area contributed by atoms with Gasteiger partial charge < -0.3 is 5.73 Å². The molecule has 0 aliphatic carbocycles. The molecule has 1 aromatic carbocycles. The number of hydrogen-bond donors (Lipinski definition) is 2. The Kier molecular flexibility index (Phi) is 5.11. The molecule has 4 nitrogen and oxygen atoms in total. The summed E-state index contributed by atoms with van der Waals surface area (Å²) >= 11 is 1.71. The molecule has 16 heavy (non-hydrogen) atoms. The molecule has 0 aliphatic rings. The van der Waals surface area contributed by atoms with Gasteiger partial charge in [-0.05, 0) is 30.0 Å². The number of hydrogen-bond acceptors (Lipinski definition) is 4. The Bertz CT molecular complexity index is 415. The molecule has 1 aromatic rings. The zero-order valence-corrected chi connectivity index (χ0v) is 10.8. The van der Waals surface area contributed by atoms with Crippen LogP contribution in [0.3, 0.4) is 0 Å². The third kappa shape index (κ3) is 4.42. The Morgan fingerprint density at radius 2 is 1.94 bits per heavy atom. The van der Waals surface area contributed by atoms with Gasteiger partial charge in [-0.2, -0.15) is 0 Å². The van der Waals surface area contributed by atoms with Crippen LogP contribution in [-0.4, -0.2) is 26.5 Å². The molecule has 0 atom stereocenters. The van der Waals surface area contributed by atoms with Crippen molar-refractivity contribution in [3.63, 3.8) is 0 Å². The number of benzene rings is 1. The second kappa shape index (κ2) is 6.12. The Labute approximate surface area is 101 Å². The predicted molar refractivity (Wildman–Crippen MR) is 69.3 cm³/mol. The first-order valence-electron chi connectivity index (χ1n) is 5.01. The quantitative estimate of drug-likeness (QED) is 0.760. The van der Waals surface area contributed by atoms with E-state index in [9.17, 15) is 8.42 Å². The lowest BCUT2D eigenvalue weighted by Crippen LogP contribution is -2.22. The maximum atomic E-state index is 11.4. The SMILES string of the molecule is CCSc1ccc(NS(=O)(=O)CCN)cc1. The molecule has 3 N–H and O–H groups in total. The smallest absolute Gasteiger partial charge is 0.233 e. The van der Waals surface area contributed by atoms with Gasteiger partial charge in [-0.3, -0.25) is 4.72 Å². The highest BCUT2D eigenvalue weighted by Gasteiger charge is 2.08. The van der Waals surface area contributed by atoms with Gasteiger partial charge in [0.1, 0.15) is 0 Å². The topological polar surface area (TPSA) is 72.2 Å². The van der Waals surface area contributed by atoms with Gasteiger partial charge in [-0.1, -0.05) is 6.92 Å². The molecule has 0 saturated carbocycles. The lowest BCUT2D eigenvalue weighted by Gasteiger charge is -2.07. The maximum Gasteiger partial charge on any atom is 0.233 e. The Balaban J connectivity index is 2.68. The van der Waals surface area contributed by atoms with Crippen LogP contribution in [0, 0.1) is 0 Å². The van der Waals surface area contributed by atoms with Crippen LogP contribution in [0.4, 0.5) is 5.69 Å². The number of thioether (sulfide) groups is 1. The van der Waals surface area contributed by atoms with E-state index in [-0.39, 0.29) is 12.3 Å². The number of rotatable bonds is 6. The van der Waals surface area contributed by atoms with Gasteiger partial charge in [0.05, 0.1) is 5.75 Å². The summed E-state index contributed by atoms with van der Waals surface area (Å²) in [6, 6.07) is 7.31. The molecule has 0 unspecified atom stereocenters. The third-order valence-electron chi connectivity index (χ3n) is 1.83. The molecular weight excluding hydrogens is 244 g/mol. The average Bonchev–Trinajstić information content (AvgIpc) is 2.21. The summed E-state index contributed by atoms with van der Waals surface area (Å²) in [6.45, 7) is 2.20. The lowest BCUT2D eigenvalue weighted by atomic mass is 10.3. The molecule has 0 amide bonds. The van der Waals surface area contributed by atoms with E-state index < -0.39 is 10.0 Å². The Morgan fingerprint density at radius 1 is 1.31 bits per heavy atom. The average molecular weight is 260 g/mol. The molecule has 0 aromatic heterocycles. The van der Waals surface area contributed by atoms with Crippen molar-refractivity contribution in [3.05, 3.63) is 24.3 Å². The Morgan fingerprint density at radius 3 is 2.44 bits per heavy atom. The molecule has 0 aliphatic heterocycles. The van der Waals surface area contributed by atoms with Crippen molar-refractivity contribution in [1.29, 1.82) is 0 Å². The van der Waals surface area contributed by atoms with Crippen molar-refractivity contribution in [3.8, 4) is 0 Å². The zero-order chi connectivity index (χ0) is 12.0. The summed E-state index contributed by atoms with van der Waals surface area (Å²) in [6.07, 6.45) is 0. The van der Waals surface area contributed by atoms with Gasteiger partial charge in [0.25, 0.3) is 0 Å².